The van der Waals surface area contributed by atoms with E-state index in [9.17, 15) is 0 Å². The van der Waals surface area contributed by atoms with Gasteiger partial charge in [0, 0.05) is 14.8 Å². The molecule has 0 radical (unpaired) electrons. The second kappa shape index (κ2) is 4.06. The van der Waals surface area contributed by atoms with E-state index in [2.05, 4.69) is 60.0 Å². The Balaban J connectivity index is 2.15. The summed E-state index contributed by atoms with van der Waals surface area (Å²) in [4.78, 5) is 0. The molecule has 0 aromatic heterocycles. The van der Waals surface area contributed by atoms with E-state index in [-0.39, 0.29) is 6.23 Å². The predicted molar refractivity (Wildman–Crippen MR) is 66.0 cm³/mol. The summed E-state index contributed by atoms with van der Waals surface area (Å²) in [6.45, 7) is 5.04. The predicted octanol–water partition coefficient (Wildman–Crippen LogP) is 2.73. The number of allylic oxidation sites excluding steroid dienone is 5. The van der Waals surface area contributed by atoms with E-state index < -0.39 is 0 Å². The maximum Gasteiger partial charge on any atom is 0.130 e. The largest absolute Gasteiger partial charge is 0.361 e. The number of halogens is 1. The summed E-state index contributed by atoms with van der Waals surface area (Å²) in [5, 5.41) is 3.42. The number of nitrogens with one attached hydrogen (secondary N) is 1. The van der Waals surface area contributed by atoms with Crippen LogP contribution in [0.5, 0.6) is 0 Å². The van der Waals surface area contributed by atoms with Crippen molar-refractivity contribution in [3.63, 3.8) is 0 Å². The standard InChI is InChI=1S/C11H14INO/c1-7(2)11-13-10(6-14-11)8-4-3-5-9(8)12/h3-5,7,11,13H,6H2,1-2H3/b10-8-/t11-/m1/s1. The zero-order valence-corrected chi connectivity index (χ0v) is 10.5. The van der Waals surface area contributed by atoms with Crippen LogP contribution in [0, 0.1) is 5.92 Å². The van der Waals surface area contributed by atoms with Gasteiger partial charge in [-0.1, -0.05) is 26.0 Å². The summed E-state index contributed by atoms with van der Waals surface area (Å²) in [6.07, 6.45) is 6.51. The smallest absolute Gasteiger partial charge is 0.130 e. The molecule has 1 aliphatic carbocycles. The van der Waals surface area contributed by atoms with Gasteiger partial charge in [0.1, 0.15) is 6.23 Å². The van der Waals surface area contributed by atoms with Crippen LogP contribution in [0.2, 0.25) is 0 Å². The summed E-state index contributed by atoms with van der Waals surface area (Å²) in [6, 6.07) is 0. The van der Waals surface area contributed by atoms with E-state index in [1.54, 1.807) is 0 Å². The van der Waals surface area contributed by atoms with Crippen LogP contribution in [-0.2, 0) is 4.74 Å². The van der Waals surface area contributed by atoms with Crippen molar-refractivity contribution in [2.75, 3.05) is 6.61 Å². The second-order valence-corrected chi connectivity index (χ2v) is 5.05. The van der Waals surface area contributed by atoms with Crippen LogP contribution in [-0.4, -0.2) is 12.8 Å². The van der Waals surface area contributed by atoms with E-state index in [0.29, 0.717) is 12.5 Å². The third-order valence-electron chi connectivity index (χ3n) is 2.42. The molecule has 1 N–H and O–H groups in total. The molecule has 1 aliphatic heterocycles. The first-order valence-corrected chi connectivity index (χ1v) is 5.92. The monoisotopic (exact) mass is 303 g/mol. The quantitative estimate of drug-likeness (QED) is 0.752. The summed E-state index contributed by atoms with van der Waals surface area (Å²) < 4.78 is 6.94. The molecule has 3 heteroatoms. The third kappa shape index (κ3) is 1.88. The van der Waals surface area contributed by atoms with Crippen LogP contribution >= 0.6 is 22.6 Å². The zero-order chi connectivity index (χ0) is 10.1. The van der Waals surface area contributed by atoms with Gasteiger partial charge >= 0.3 is 0 Å². The Morgan fingerprint density at radius 3 is 2.86 bits per heavy atom. The van der Waals surface area contributed by atoms with Gasteiger partial charge in [-0.05, 0) is 34.6 Å². The highest BCUT2D eigenvalue weighted by molar-refractivity contribution is 14.1. The van der Waals surface area contributed by atoms with Gasteiger partial charge in [-0.15, -0.1) is 0 Å². The summed E-state index contributed by atoms with van der Waals surface area (Å²) >= 11 is 2.35. The highest BCUT2D eigenvalue weighted by Gasteiger charge is 2.24. The first-order chi connectivity index (χ1) is 6.68. The molecule has 1 atom stereocenters. The van der Waals surface area contributed by atoms with Crippen molar-refractivity contribution in [1.82, 2.24) is 5.32 Å². The van der Waals surface area contributed by atoms with Crippen molar-refractivity contribution in [2.24, 2.45) is 5.92 Å². The van der Waals surface area contributed by atoms with Crippen LogP contribution in [0.25, 0.3) is 0 Å². The average Bonchev–Trinajstić information content (AvgIpc) is 2.71. The molecule has 1 saturated heterocycles. The van der Waals surface area contributed by atoms with Crippen LogP contribution < -0.4 is 5.32 Å². The Labute approximate surface area is 98.2 Å². The molecule has 1 heterocycles. The lowest BCUT2D eigenvalue weighted by Gasteiger charge is -2.14. The van der Waals surface area contributed by atoms with Crippen LogP contribution in [0.15, 0.2) is 33.1 Å². The molecule has 0 bridgehead atoms. The molecule has 2 nitrogen and oxygen atoms in total. The minimum Gasteiger partial charge on any atom is -0.361 e. The first kappa shape index (κ1) is 10.2. The average molecular weight is 303 g/mol. The Bertz CT molecular complexity index is 328. The van der Waals surface area contributed by atoms with Gasteiger partial charge in [0.2, 0.25) is 0 Å². The molecule has 0 unspecified atom stereocenters. The number of ether oxygens (including phenoxy) is 1. The summed E-state index contributed by atoms with van der Waals surface area (Å²) in [5.74, 6) is 0.514. The molecule has 14 heavy (non-hydrogen) atoms. The second-order valence-electron chi connectivity index (χ2n) is 3.89. The fourth-order valence-corrected chi connectivity index (χ4v) is 2.30. The number of hydrogen-bond acceptors (Lipinski definition) is 2. The maximum absolute atomic E-state index is 5.65. The van der Waals surface area contributed by atoms with Crippen molar-refractivity contribution in [3.05, 3.63) is 33.1 Å². The molecule has 1 fully saturated rings. The van der Waals surface area contributed by atoms with Crippen LogP contribution in [0.3, 0.4) is 0 Å². The Morgan fingerprint density at radius 1 is 1.57 bits per heavy atom. The maximum atomic E-state index is 5.65. The SMILES string of the molecule is CC(C)[C@@H]1N/C(=C2/C=CC=C2I)CO1. The number of rotatable bonds is 1. The van der Waals surface area contributed by atoms with Gasteiger partial charge in [0.05, 0.1) is 6.61 Å². The van der Waals surface area contributed by atoms with Gasteiger partial charge in [0.15, 0.2) is 0 Å². The molecule has 0 amide bonds. The molecule has 0 aromatic carbocycles. The third-order valence-corrected chi connectivity index (χ3v) is 3.36. The molecule has 76 valence electrons. The molecule has 0 saturated carbocycles. The Hall–Kier alpha value is -0.290. The van der Waals surface area contributed by atoms with Gasteiger partial charge in [-0.25, -0.2) is 0 Å². The molecule has 0 spiro atoms. The van der Waals surface area contributed by atoms with E-state index >= 15 is 0 Å². The van der Waals surface area contributed by atoms with E-state index in [4.69, 9.17) is 4.74 Å². The van der Waals surface area contributed by atoms with Crippen molar-refractivity contribution >= 4 is 22.6 Å². The molecule has 0 aromatic rings. The molecular formula is C11H14INO. The van der Waals surface area contributed by atoms with Crippen molar-refractivity contribution in [2.45, 2.75) is 20.1 Å². The van der Waals surface area contributed by atoms with Crippen LogP contribution in [0.4, 0.5) is 0 Å². The lowest BCUT2D eigenvalue weighted by atomic mass is 10.2. The van der Waals surface area contributed by atoms with Gasteiger partial charge in [-0.2, -0.15) is 0 Å². The minimum atomic E-state index is 0.177. The van der Waals surface area contributed by atoms with Crippen molar-refractivity contribution in [1.29, 1.82) is 0 Å². The molecule has 2 aliphatic rings. The first-order valence-electron chi connectivity index (χ1n) is 4.84. The lowest BCUT2D eigenvalue weighted by molar-refractivity contribution is 0.0653. The van der Waals surface area contributed by atoms with E-state index in [1.165, 1.54) is 14.8 Å². The van der Waals surface area contributed by atoms with Crippen LogP contribution in [0.1, 0.15) is 13.8 Å². The summed E-state index contributed by atoms with van der Waals surface area (Å²) in [5.41, 5.74) is 2.51. The van der Waals surface area contributed by atoms with Gasteiger partial charge < -0.3 is 10.1 Å². The number of hydrogen-bond donors (Lipinski definition) is 1. The topological polar surface area (TPSA) is 21.3 Å². The van der Waals surface area contributed by atoms with Crippen molar-refractivity contribution < 1.29 is 4.74 Å². The minimum absolute atomic E-state index is 0.177. The fourth-order valence-electron chi connectivity index (χ4n) is 1.59. The van der Waals surface area contributed by atoms with Gasteiger partial charge in [0.25, 0.3) is 0 Å². The molecule has 2 rings (SSSR count). The highest BCUT2D eigenvalue weighted by atomic mass is 127. The normalized spacial score (nSPS) is 31.1. The lowest BCUT2D eigenvalue weighted by Crippen LogP contribution is -2.27. The molecular weight excluding hydrogens is 289 g/mol. The Kier molecular flexibility index (Phi) is 2.97. The van der Waals surface area contributed by atoms with Gasteiger partial charge in [-0.3, -0.25) is 0 Å². The fraction of sp³-hybridized carbons (Fsp3) is 0.455. The van der Waals surface area contributed by atoms with E-state index in [0.717, 1.165) is 0 Å². The zero-order valence-electron chi connectivity index (χ0n) is 8.38. The van der Waals surface area contributed by atoms with E-state index in [1.807, 2.05) is 0 Å². The highest BCUT2D eigenvalue weighted by Crippen LogP contribution is 2.29. The summed E-state index contributed by atoms with van der Waals surface area (Å²) in [7, 11) is 0. The Morgan fingerprint density at radius 2 is 2.36 bits per heavy atom. The van der Waals surface area contributed by atoms with Crippen molar-refractivity contribution in [3.8, 4) is 0 Å².